The molecule has 0 bridgehead atoms. The molecule has 0 amide bonds. The maximum Gasteiger partial charge on any atom is 0.416 e. The molecule has 1 aliphatic rings. The normalized spacial score (nSPS) is 23.2. The summed E-state index contributed by atoms with van der Waals surface area (Å²) in [5.41, 5.74) is 3.81. The maximum absolute atomic E-state index is 12.6. The maximum atomic E-state index is 12.6. The molecule has 0 aliphatic carbocycles. The first-order valence-electron chi connectivity index (χ1n) is 6.01. The molecule has 118 valence electrons. The number of anilines is 1. The largest absolute Gasteiger partial charge is 0.506 e. The lowest BCUT2D eigenvalue weighted by molar-refractivity contribution is -0.137. The van der Waals surface area contributed by atoms with Gasteiger partial charge in [0.1, 0.15) is 11.0 Å². The van der Waals surface area contributed by atoms with Crippen LogP contribution in [-0.2, 0) is 16.2 Å². The third-order valence-corrected chi connectivity index (χ3v) is 5.04. The zero-order valence-electron chi connectivity index (χ0n) is 10.9. The highest BCUT2D eigenvalue weighted by Gasteiger charge is 2.36. The molecule has 1 saturated heterocycles. The van der Waals surface area contributed by atoms with Gasteiger partial charge in [0.2, 0.25) is 10.0 Å². The number of halogens is 3. The van der Waals surface area contributed by atoms with Gasteiger partial charge in [-0.1, -0.05) is 0 Å². The standard InChI is InChI=1S/C11H14F3N3O3S/c1-6-10(5-15-16-6)21(19,20)17-8-4-7(11(12,13)14)2-3-9(8)18/h2-4,6,10,15-18H,5H2,1H3. The number of phenols is 1. The summed E-state index contributed by atoms with van der Waals surface area (Å²) in [6.45, 7) is 1.73. The first-order valence-corrected chi connectivity index (χ1v) is 7.56. The predicted molar refractivity (Wildman–Crippen MR) is 70.0 cm³/mol. The Morgan fingerprint density at radius 1 is 1.38 bits per heavy atom. The van der Waals surface area contributed by atoms with Crippen molar-refractivity contribution in [3.8, 4) is 5.75 Å². The van der Waals surface area contributed by atoms with E-state index in [1.54, 1.807) is 6.92 Å². The van der Waals surface area contributed by atoms with Crippen LogP contribution in [0.1, 0.15) is 12.5 Å². The predicted octanol–water partition coefficient (Wildman–Crippen LogP) is 1.02. The van der Waals surface area contributed by atoms with Gasteiger partial charge in [-0.2, -0.15) is 13.2 Å². The minimum absolute atomic E-state index is 0.107. The van der Waals surface area contributed by atoms with Gasteiger partial charge >= 0.3 is 6.18 Å². The van der Waals surface area contributed by atoms with Crippen molar-refractivity contribution in [2.75, 3.05) is 11.3 Å². The van der Waals surface area contributed by atoms with Gasteiger partial charge in [-0.15, -0.1) is 0 Å². The minimum atomic E-state index is -4.63. The van der Waals surface area contributed by atoms with Crippen molar-refractivity contribution < 1.29 is 26.7 Å². The fourth-order valence-electron chi connectivity index (χ4n) is 1.99. The lowest BCUT2D eigenvalue weighted by atomic mass is 10.2. The second kappa shape index (κ2) is 5.35. The Labute approximate surface area is 119 Å². The first-order chi connectivity index (χ1) is 9.61. The number of nitrogens with one attached hydrogen (secondary N) is 3. The number of rotatable bonds is 3. The number of hydrogen-bond acceptors (Lipinski definition) is 5. The summed E-state index contributed by atoms with van der Waals surface area (Å²) in [7, 11) is -3.95. The topological polar surface area (TPSA) is 90.5 Å². The second-order valence-electron chi connectivity index (χ2n) is 4.73. The van der Waals surface area contributed by atoms with Gasteiger partial charge in [0, 0.05) is 12.6 Å². The summed E-state index contributed by atoms with van der Waals surface area (Å²) in [5.74, 6) is -0.571. The van der Waals surface area contributed by atoms with Crippen LogP contribution in [0.2, 0.25) is 0 Å². The molecule has 0 radical (unpaired) electrons. The molecule has 1 aromatic rings. The second-order valence-corrected chi connectivity index (χ2v) is 6.63. The van der Waals surface area contributed by atoms with Crippen LogP contribution in [0.3, 0.4) is 0 Å². The Bertz CT molecular complexity index is 633. The van der Waals surface area contributed by atoms with Crippen molar-refractivity contribution in [3.05, 3.63) is 23.8 Å². The molecule has 21 heavy (non-hydrogen) atoms. The zero-order chi connectivity index (χ0) is 15.8. The van der Waals surface area contributed by atoms with E-state index in [4.69, 9.17) is 0 Å². The lowest BCUT2D eigenvalue weighted by Crippen LogP contribution is -2.38. The Balaban J connectivity index is 2.30. The molecule has 0 aromatic heterocycles. The minimum Gasteiger partial charge on any atom is -0.506 e. The molecule has 0 saturated carbocycles. The van der Waals surface area contributed by atoms with Gasteiger partial charge < -0.3 is 5.11 Å². The number of alkyl halides is 3. The van der Waals surface area contributed by atoms with E-state index in [9.17, 15) is 26.7 Å². The van der Waals surface area contributed by atoms with Crippen molar-refractivity contribution in [1.82, 2.24) is 10.9 Å². The van der Waals surface area contributed by atoms with Gasteiger partial charge in [-0.05, 0) is 25.1 Å². The van der Waals surface area contributed by atoms with Crippen LogP contribution in [0.5, 0.6) is 5.75 Å². The molecule has 2 atom stereocenters. The monoisotopic (exact) mass is 325 g/mol. The summed E-state index contributed by atoms with van der Waals surface area (Å²) >= 11 is 0. The fraction of sp³-hybridized carbons (Fsp3) is 0.455. The highest BCUT2D eigenvalue weighted by molar-refractivity contribution is 7.93. The Kier molecular flexibility index (Phi) is 4.04. The molecule has 1 aromatic carbocycles. The van der Waals surface area contributed by atoms with Gasteiger partial charge in [0.25, 0.3) is 0 Å². The van der Waals surface area contributed by atoms with E-state index in [1.807, 2.05) is 4.72 Å². The number of aromatic hydroxyl groups is 1. The number of hydrazine groups is 1. The summed E-state index contributed by atoms with van der Waals surface area (Å²) < 4.78 is 64.1. The zero-order valence-corrected chi connectivity index (χ0v) is 11.7. The first kappa shape index (κ1) is 15.9. The molecule has 6 nitrogen and oxygen atoms in total. The Hall–Kier alpha value is -1.52. The summed E-state index contributed by atoms with van der Waals surface area (Å²) in [4.78, 5) is 0. The number of hydrogen-bond donors (Lipinski definition) is 4. The molecule has 2 rings (SSSR count). The Morgan fingerprint density at radius 2 is 2.05 bits per heavy atom. The number of phenolic OH excluding ortho intramolecular Hbond substituents is 1. The molecule has 1 heterocycles. The smallest absolute Gasteiger partial charge is 0.416 e. The van der Waals surface area contributed by atoms with Crippen molar-refractivity contribution in [1.29, 1.82) is 0 Å². The van der Waals surface area contributed by atoms with Gasteiger partial charge in [0.15, 0.2) is 0 Å². The van der Waals surface area contributed by atoms with Gasteiger partial charge in [0.05, 0.1) is 11.3 Å². The van der Waals surface area contributed by atoms with Crippen molar-refractivity contribution in [2.24, 2.45) is 0 Å². The van der Waals surface area contributed by atoms with E-state index < -0.39 is 44.5 Å². The van der Waals surface area contributed by atoms with Gasteiger partial charge in [-0.3, -0.25) is 15.6 Å². The lowest BCUT2D eigenvalue weighted by Gasteiger charge is -2.18. The van der Waals surface area contributed by atoms with Crippen molar-refractivity contribution in [3.63, 3.8) is 0 Å². The van der Waals surface area contributed by atoms with E-state index in [2.05, 4.69) is 10.9 Å². The molecular weight excluding hydrogens is 311 g/mol. The summed E-state index contributed by atoms with van der Waals surface area (Å²) in [5, 5.41) is 8.68. The van der Waals surface area contributed by atoms with Crippen molar-refractivity contribution in [2.45, 2.75) is 24.4 Å². The van der Waals surface area contributed by atoms with Crippen molar-refractivity contribution >= 4 is 15.7 Å². The fourth-order valence-corrected chi connectivity index (χ4v) is 3.52. The van der Waals surface area contributed by atoms with Crippen LogP contribution in [0.4, 0.5) is 18.9 Å². The Morgan fingerprint density at radius 3 is 2.57 bits per heavy atom. The van der Waals surface area contributed by atoms with Crippen LogP contribution in [-0.4, -0.2) is 31.4 Å². The van der Waals surface area contributed by atoms with Gasteiger partial charge in [-0.25, -0.2) is 8.42 Å². The summed E-state index contributed by atoms with van der Waals surface area (Å²) in [6.07, 6.45) is -4.63. The third-order valence-electron chi connectivity index (χ3n) is 3.17. The highest BCUT2D eigenvalue weighted by Crippen LogP contribution is 2.35. The van der Waals surface area contributed by atoms with E-state index in [0.717, 1.165) is 6.07 Å². The molecular formula is C11H14F3N3O3S. The van der Waals surface area contributed by atoms with Crippen LogP contribution >= 0.6 is 0 Å². The average molecular weight is 325 g/mol. The SMILES string of the molecule is CC1NNCC1S(=O)(=O)Nc1cc(C(F)(F)F)ccc1O. The third kappa shape index (κ3) is 3.39. The van der Waals surface area contributed by atoms with E-state index in [-0.39, 0.29) is 6.54 Å². The molecule has 1 fully saturated rings. The van der Waals surface area contributed by atoms with E-state index in [1.165, 1.54) is 0 Å². The highest BCUT2D eigenvalue weighted by atomic mass is 32.2. The summed E-state index contributed by atoms with van der Waals surface area (Å²) in [6, 6.07) is 1.62. The molecule has 0 spiro atoms. The molecule has 2 unspecified atom stereocenters. The average Bonchev–Trinajstić information content (AvgIpc) is 2.77. The van der Waals surface area contributed by atoms with Crippen LogP contribution in [0.25, 0.3) is 0 Å². The quantitative estimate of drug-likeness (QED) is 0.623. The van der Waals surface area contributed by atoms with E-state index in [0.29, 0.717) is 12.1 Å². The van der Waals surface area contributed by atoms with Crippen LogP contribution in [0.15, 0.2) is 18.2 Å². The number of sulfonamides is 1. The number of benzene rings is 1. The molecule has 10 heteroatoms. The van der Waals surface area contributed by atoms with E-state index >= 15 is 0 Å². The molecule has 4 N–H and O–H groups in total. The van der Waals surface area contributed by atoms with Crippen LogP contribution in [0, 0.1) is 0 Å². The van der Waals surface area contributed by atoms with Crippen LogP contribution < -0.4 is 15.6 Å². The molecule has 1 aliphatic heterocycles.